The minimum absolute atomic E-state index is 0.315. The Bertz CT molecular complexity index is 271. The molecule has 0 saturated carbocycles. The molecule has 1 aromatic rings. The van der Waals surface area contributed by atoms with E-state index in [1.54, 1.807) is 6.07 Å². The first-order valence-corrected chi connectivity index (χ1v) is 3.46. The van der Waals surface area contributed by atoms with Crippen molar-refractivity contribution in [3.05, 3.63) is 6.07 Å². The first-order chi connectivity index (χ1) is 5.04. The van der Waals surface area contributed by atoms with Crippen molar-refractivity contribution in [1.82, 2.24) is 0 Å². The standard InChI is InChI=1S/C6H9N4.Fe/c7-3-1-2-4(8)6(10)5(3)9;/h1H,7-10H2;. The van der Waals surface area contributed by atoms with E-state index >= 15 is 0 Å². The van der Waals surface area contributed by atoms with Crippen molar-refractivity contribution < 1.29 is 16.0 Å². The van der Waals surface area contributed by atoms with Crippen LogP contribution in [0.1, 0.15) is 0 Å². The Morgan fingerprint density at radius 3 is 2.00 bits per heavy atom. The molecule has 0 spiro atoms. The van der Waals surface area contributed by atoms with Gasteiger partial charge in [0.2, 0.25) is 0 Å². The molecule has 0 unspecified atom stereocenters. The molecular weight excluding hydrogens is 184 g/mol. The molecule has 0 atom stereocenters. The Morgan fingerprint density at radius 1 is 0.909 bits per heavy atom. The van der Waals surface area contributed by atoms with E-state index in [0.717, 1.165) is 0 Å². The number of anilines is 4. The van der Waals surface area contributed by atoms with Gasteiger partial charge in [-0.25, -0.2) is 0 Å². The molecule has 61 valence electrons. The Balaban J connectivity index is 3.46. The van der Waals surface area contributed by atoms with Crippen LogP contribution < -0.4 is 27.4 Å². The molecule has 0 heterocycles. The van der Waals surface area contributed by atoms with Gasteiger partial charge in [-0.2, -0.15) is 0 Å². The van der Waals surface area contributed by atoms with Gasteiger partial charge < -0.3 is 0 Å². The van der Waals surface area contributed by atoms with Crippen molar-refractivity contribution in [3.8, 4) is 0 Å². The van der Waals surface area contributed by atoms with Gasteiger partial charge in [-0.3, -0.25) is 0 Å². The predicted octanol–water partition coefficient (Wildman–Crippen LogP) is -0.812. The summed E-state index contributed by atoms with van der Waals surface area (Å²) < 4.78 is 0.606. The molecule has 0 bridgehead atoms. The molecule has 5 heteroatoms. The van der Waals surface area contributed by atoms with E-state index < -0.39 is 0 Å². The van der Waals surface area contributed by atoms with Gasteiger partial charge in [0.05, 0.1) is 0 Å². The van der Waals surface area contributed by atoms with E-state index in [1.807, 2.05) is 0 Å². The number of nitrogens with two attached hydrogens (primary N) is 4. The Labute approximate surface area is 72.7 Å². The third-order valence-electron chi connectivity index (χ3n) is 1.42. The van der Waals surface area contributed by atoms with Gasteiger partial charge in [0.1, 0.15) is 0 Å². The predicted molar refractivity (Wildman–Crippen MR) is 43.7 cm³/mol. The van der Waals surface area contributed by atoms with Gasteiger partial charge >= 0.3 is 72.2 Å². The Morgan fingerprint density at radius 2 is 1.45 bits per heavy atom. The summed E-state index contributed by atoms with van der Waals surface area (Å²) in [5.74, 6) is 0. The van der Waals surface area contributed by atoms with E-state index in [9.17, 15) is 0 Å². The zero-order chi connectivity index (χ0) is 8.59. The third-order valence-corrected chi connectivity index (χ3v) is 1.88. The second kappa shape index (κ2) is 2.52. The molecule has 0 aliphatic carbocycles. The van der Waals surface area contributed by atoms with Gasteiger partial charge in [0.25, 0.3) is 0 Å². The van der Waals surface area contributed by atoms with Crippen molar-refractivity contribution in [2.24, 2.45) is 0 Å². The number of rotatable bonds is 0. The molecule has 0 aliphatic rings. The van der Waals surface area contributed by atoms with Gasteiger partial charge in [-0.15, -0.1) is 0 Å². The second-order valence-corrected chi connectivity index (χ2v) is 2.77. The average molecular weight is 193 g/mol. The van der Waals surface area contributed by atoms with Crippen LogP contribution in [0, 0.1) is 0 Å². The quantitative estimate of drug-likeness (QED) is 0.319. The molecule has 11 heavy (non-hydrogen) atoms. The van der Waals surface area contributed by atoms with E-state index in [1.165, 1.54) is 0 Å². The molecule has 0 amide bonds. The van der Waals surface area contributed by atoms with Gasteiger partial charge in [0.15, 0.2) is 0 Å². The number of hydrogen-bond acceptors (Lipinski definition) is 4. The topological polar surface area (TPSA) is 104 Å². The molecule has 4 nitrogen and oxygen atoms in total. The summed E-state index contributed by atoms with van der Waals surface area (Å²) in [7, 11) is 0. The maximum absolute atomic E-state index is 5.53. The van der Waals surface area contributed by atoms with E-state index in [0.29, 0.717) is 27.2 Å². The SMILES string of the molecule is Nc1c[c]([Fe])c(N)c(N)c1N. The van der Waals surface area contributed by atoms with Gasteiger partial charge in [-0.1, -0.05) is 0 Å². The van der Waals surface area contributed by atoms with Crippen molar-refractivity contribution in [2.45, 2.75) is 0 Å². The van der Waals surface area contributed by atoms with Crippen LogP contribution in [0.3, 0.4) is 0 Å². The molecule has 1 aromatic carbocycles. The molecule has 1 rings (SSSR count). The molecule has 0 radical (unpaired) electrons. The van der Waals surface area contributed by atoms with Crippen LogP contribution in [0.2, 0.25) is 0 Å². The monoisotopic (exact) mass is 193 g/mol. The fourth-order valence-corrected chi connectivity index (χ4v) is 1.03. The van der Waals surface area contributed by atoms with Crippen LogP contribution in [-0.4, -0.2) is 0 Å². The first kappa shape index (κ1) is 8.04. The minimum atomic E-state index is 0.315. The van der Waals surface area contributed by atoms with E-state index in [-0.39, 0.29) is 0 Å². The average Bonchev–Trinajstić information content (AvgIpc) is 1.97. The molecule has 8 N–H and O–H groups in total. The fraction of sp³-hybridized carbons (Fsp3) is 0. The van der Waals surface area contributed by atoms with Crippen LogP contribution in [0.5, 0.6) is 0 Å². The van der Waals surface area contributed by atoms with Crippen molar-refractivity contribution in [1.29, 1.82) is 0 Å². The zero-order valence-electron chi connectivity index (χ0n) is 5.74. The molecule has 0 fully saturated rings. The van der Waals surface area contributed by atoms with Gasteiger partial charge in [-0.05, 0) is 0 Å². The summed E-state index contributed by atoms with van der Waals surface area (Å²) in [6.07, 6.45) is 0. The van der Waals surface area contributed by atoms with E-state index in [2.05, 4.69) is 16.0 Å². The van der Waals surface area contributed by atoms with Crippen LogP contribution in [0.25, 0.3) is 0 Å². The van der Waals surface area contributed by atoms with E-state index in [4.69, 9.17) is 22.9 Å². The van der Waals surface area contributed by atoms with Crippen molar-refractivity contribution >= 4 is 27.2 Å². The van der Waals surface area contributed by atoms with Crippen LogP contribution in [-0.2, 0) is 16.0 Å². The summed E-state index contributed by atoms with van der Waals surface area (Å²) in [6, 6.07) is 1.60. The summed E-state index contributed by atoms with van der Waals surface area (Å²) >= 11 is 3.64. The van der Waals surface area contributed by atoms with Gasteiger partial charge in [0, 0.05) is 0 Å². The molecular formula is C6H9FeN4. The maximum atomic E-state index is 5.53. The van der Waals surface area contributed by atoms with Crippen molar-refractivity contribution in [2.75, 3.05) is 22.9 Å². The summed E-state index contributed by atoms with van der Waals surface area (Å²) in [4.78, 5) is 0. The van der Waals surface area contributed by atoms with Crippen LogP contribution in [0.4, 0.5) is 22.7 Å². The molecule has 0 saturated heterocycles. The Kier molecular flexibility index (Phi) is 1.85. The Hall–Kier alpha value is -1.06. The molecule has 0 aromatic heterocycles. The summed E-state index contributed by atoms with van der Waals surface area (Å²) in [6.45, 7) is 0. The molecule has 0 aliphatic heterocycles. The van der Waals surface area contributed by atoms with Crippen LogP contribution in [0.15, 0.2) is 6.07 Å². The third kappa shape index (κ3) is 1.20. The summed E-state index contributed by atoms with van der Waals surface area (Å²) in [5.41, 5.74) is 23.5. The first-order valence-electron chi connectivity index (χ1n) is 2.91. The fourth-order valence-electron chi connectivity index (χ4n) is 0.714. The zero-order valence-corrected chi connectivity index (χ0v) is 6.84. The van der Waals surface area contributed by atoms with Crippen molar-refractivity contribution in [3.63, 3.8) is 0 Å². The number of hydrogen-bond donors (Lipinski definition) is 4. The normalized spacial score (nSPS) is 9.91. The summed E-state index contributed by atoms with van der Waals surface area (Å²) in [5, 5.41) is 0. The van der Waals surface area contributed by atoms with Crippen LogP contribution >= 0.6 is 0 Å². The number of benzene rings is 1. The second-order valence-electron chi connectivity index (χ2n) is 2.18. The number of nitrogen functional groups attached to an aromatic ring is 4.